The van der Waals surface area contributed by atoms with Gasteiger partial charge in [-0.1, -0.05) is 45.0 Å². The van der Waals surface area contributed by atoms with Gasteiger partial charge >= 0.3 is 0 Å². The molecule has 0 saturated heterocycles. The highest BCUT2D eigenvalue weighted by Crippen LogP contribution is 2.23. The lowest BCUT2D eigenvalue weighted by atomic mass is 9.86. The Morgan fingerprint density at radius 1 is 1.29 bits per heavy atom. The first kappa shape index (κ1) is 13.7. The van der Waals surface area contributed by atoms with Crippen LogP contribution in [0.15, 0.2) is 24.3 Å². The van der Waals surface area contributed by atoms with E-state index in [-0.39, 0.29) is 17.9 Å². The minimum absolute atomic E-state index is 0.0157. The number of hydrogen-bond donors (Lipinski definition) is 1. The van der Waals surface area contributed by atoms with Gasteiger partial charge in [0, 0.05) is 18.0 Å². The summed E-state index contributed by atoms with van der Waals surface area (Å²) >= 11 is 0. The fourth-order valence-electron chi connectivity index (χ4n) is 1.71. The van der Waals surface area contributed by atoms with E-state index < -0.39 is 5.97 Å². The first-order valence-corrected chi connectivity index (χ1v) is 5.94. The maximum absolute atomic E-state index is 10.4. The molecule has 0 aliphatic rings. The fraction of sp³-hybridized carbons (Fsp3) is 0.500. The molecule has 0 amide bonds. The minimum Gasteiger partial charge on any atom is -0.550 e. The summed E-state index contributed by atoms with van der Waals surface area (Å²) < 4.78 is 0. The number of carbonyl (C=O) groups is 1. The normalized spacial score (nSPS) is 13.4. The van der Waals surface area contributed by atoms with Crippen LogP contribution in [0, 0.1) is 0 Å². The number of benzene rings is 1. The summed E-state index contributed by atoms with van der Waals surface area (Å²) in [6.07, 6.45) is 0.590. The van der Waals surface area contributed by atoms with E-state index in [1.165, 1.54) is 5.56 Å². The van der Waals surface area contributed by atoms with Crippen LogP contribution in [0.5, 0.6) is 0 Å². The van der Waals surface area contributed by atoms with Crippen molar-refractivity contribution >= 4 is 5.97 Å². The largest absolute Gasteiger partial charge is 0.550 e. The maximum atomic E-state index is 10.4. The number of carbonyl (C=O) groups excluding carboxylic acids is 1. The van der Waals surface area contributed by atoms with Crippen LogP contribution in [0.1, 0.15) is 50.8 Å². The Labute approximate surface area is 103 Å². The van der Waals surface area contributed by atoms with Crippen molar-refractivity contribution in [3.05, 3.63) is 35.4 Å². The maximum Gasteiger partial charge on any atom is 0.110 e. The molecule has 0 radical (unpaired) electrons. The van der Waals surface area contributed by atoms with Gasteiger partial charge in [-0.2, -0.15) is 0 Å². The fourth-order valence-corrected chi connectivity index (χ4v) is 1.71. The van der Waals surface area contributed by atoms with Crippen molar-refractivity contribution in [2.75, 3.05) is 0 Å². The molecule has 0 spiro atoms. The summed E-state index contributed by atoms with van der Waals surface area (Å²) in [5.74, 6) is -1.01. The van der Waals surface area contributed by atoms with E-state index in [2.05, 4.69) is 38.6 Å². The smallest absolute Gasteiger partial charge is 0.110 e. The monoisotopic (exact) mass is 235 g/mol. The van der Waals surface area contributed by atoms with Crippen LogP contribution in [-0.2, 0) is 10.2 Å². The molecule has 1 atom stereocenters. The zero-order chi connectivity index (χ0) is 13.1. The summed E-state index contributed by atoms with van der Waals surface area (Å²) in [5, 5.41) is 10.4. The quantitative estimate of drug-likeness (QED) is 0.838. The van der Waals surface area contributed by atoms with Crippen molar-refractivity contribution in [1.82, 2.24) is 0 Å². The number of carboxylic acids is 1. The van der Waals surface area contributed by atoms with Gasteiger partial charge in [0.2, 0.25) is 0 Å². The third-order valence-corrected chi connectivity index (χ3v) is 2.95. The molecule has 0 heterocycles. The Bertz CT molecular complexity index is 376. The number of hydrogen-bond acceptors (Lipinski definition) is 2. The van der Waals surface area contributed by atoms with Gasteiger partial charge in [0.05, 0.1) is 0 Å². The Hall–Kier alpha value is -1.35. The standard InChI is InChI=1S/C14H21NO2/c1-14(2,3)11-6-4-10(5-7-11)12(15)8-9-13(16)17/h4-7,12H,8-9,15H2,1-3H3,(H,16,17)/t12-/m1/s1. The van der Waals surface area contributed by atoms with Crippen LogP contribution in [0.25, 0.3) is 0 Å². The molecule has 0 aliphatic heterocycles. The van der Waals surface area contributed by atoms with Gasteiger partial charge in [-0.05, 0) is 17.4 Å². The molecule has 17 heavy (non-hydrogen) atoms. The van der Waals surface area contributed by atoms with Crippen molar-refractivity contribution < 1.29 is 15.6 Å². The second kappa shape index (κ2) is 5.32. The molecule has 0 aromatic heterocycles. The van der Waals surface area contributed by atoms with Crippen LogP contribution in [-0.4, -0.2) is 5.97 Å². The van der Waals surface area contributed by atoms with Crippen molar-refractivity contribution in [3.63, 3.8) is 0 Å². The highest BCUT2D eigenvalue weighted by molar-refractivity contribution is 5.64. The van der Waals surface area contributed by atoms with E-state index in [9.17, 15) is 9.90 Å². The number of quaternary nitrogens is 1. The molecule has 0 unspecified atom stereocenters. The molecular weight excluding hydrogens is 214 g/mol. The lowest BCUT2D eigenvalue weighted by Gasteiger charge is -2.19. The molecule has 94 valence electrons. The van der Waals surface area contributed by atoms with Gasteiger partial charge < -0.3 is 15.6 Å². The molecule has 3 nitrogen and oxygen atoms in total. The molecule has 1 rings (SSSR count). The van der Waals surface area contributed by atoms with Crippen LogP contribution in [0.4, 0.5) is 0 Å². The SMILES string of the molecule is CC(C)(C)c1ccc([C@H]([NH3+])CCC(=O)[O-])cc1. The lowest BCUT2D eigenvalue weighted by molar-refractivity contribution is -0.428. The number of carboxylic acid groups (broad SMARTS) is 1. The Balaban J connectivity index is 2.70. The lowest BCUT2D eigenvalue weighted by Crippen LogP contribution is -2.53. The summed E-state index contributed by atoms with van der Waals surface area (Å²) in [4.78, 5) is 10.4. The van der Waals surface area contributed by atoms with Crippen molar-refractivity contribution in [3.8, 4) is 0 Å². The average molecular weight is 235 g/mol. The highest BCUT2D eigenvalue weighted by atomic mass is 16.4. The van der Waals surface area contributed by atoms with E-state index in [0.29, 0.717) is 6.42 Å². The minimum atomic E-state index is -1.01. The zero-order valence-electron chi connectivity index (χ0n) is 10.8. The van der Waals surface area contributed by atoms with E-state index >= 15 is 0 Å². The van der Waals surface area contributed by atoms with Gasteiger partial charge in [-0.15, -0.1) is 0 Å². The number of aliphatic carboxylic acids is 1. The Kier molecular flexibility index (Phi) is 4.29. The molecule has 1 aromatic carbocycles. The summed E-state index contributed by atoms with van der Waals surface area (Å²) in [6.45, 7) is 6.50. The molecule has 0 saturated carbocycles. The summed E-state index contributed by atoms with van der Waals surface area (Å²) in [7, 11) is 0. The van der Waals surface area contributed by atoms with Gasteiger partial charge in [0.25, 0.3) is 0 Å². The van der Waals surface area contributed by atoms with Crippen LogP contribution >= 0.6 is 0 Å². The van der Waals surface area contributed by atoms with Crippen LogP contribution in [0.2, 0.25) is 0 Å². The van der Waals surface area contributed by atoms with E-state index in [0.717, 1.165) is 5.56 Å². The van der Waals surface area contributed by atoms with Gasteiger partial charge in [0.1, 0.15) is 6.04 Å². The molecule has 0 bridgehead atoms. The summed E-state index contributed by atoms with van der Waals surface area (Å²) in [5.41, 5.74) is 6.47. The molecule has 3 heteroatoms. The number of rotatable bonds is 4. The predicted octanol–water partition coefficient (Wildman–Crippen LogP) is 0.797. The van der Waals surface area contributed by atoms with Crippen molar-refractivity contribution in [1.29, 1.82) is 0 Å². The van der Waals surface area contributed by atoms with Gasteiger partial charge in [-0.3, -0.25) is 0 Å². The predicted molar refractivity (Wildman–Crippen MR) is 65.0 cm³/mol. The second-order valence-electron chi connectivity index (χ2n) is 5.48. The van der Waals surface area contributed by atoms with E-state index in [1.54, 1.807) is 0 Å². The van der Waals surface area contributed by atoms with E-state index in [4.69, 9.17) is 0 Å². The van der Waals surface area contributed by atoms with Crippen molar-refractivity contribution in [2.24, 2.45) is 0 Å². The Morgan fingerprint density at radius 2 is 1.82 bits per heavy atom. The molecule has 3 N–H and O–H groups in total. The van der Waals surface area contributed by atoms with Crippen LogP contribution in [0.3, 0.4) is 0 Å². The first-order chi connectivity index (χ1) is 7.80. The molecule has 0 fully saturated rings. The third-order valence-electron chi connectivity index (χ3n) is 2.95. The first-order valence-electron chi connectivity index (χ1n) is 5.94. The van der Waals surface area contributed by atoms with Crippen LogP contribution < -0.4 is 10.8 Å². The summed E-state index contributed by atoms with van der Waals surface area (Å²) in [6, 6.07) is 8.27. The van der Waals surface area contributed by atoms with E-state index in [1.807, 2.05) is 12.1 Å². The zero-order valence-corrected chi connectivity index (χ0v) is 10.8. The molecular formula is C14H21NO2. The third kappa shape index (κ3) is 4.19. The van der Waals surface area contributed by atoms with Gasteiger partial charge in [0.15, 0.2) is 0 Å². The molecule has 1 aromatic rings. The van der Waals surface area contributed by atoms with Gasteiger partial charge in [-0.25, -0.2) is 0 Å². The molecule has 0 aliphatic carbocycles. The Morgan fingerprint density at radius 3 is 2.24 bits per heavy atom. The average Bonchev–Trinajstić information content (AvgIpc) is 2.25. The second-order valence-corrected chi connectivity index (χ2v) is 5.48. The highest BCUT2D eigenvalue weighted by Gasteiger charge is 2.15. The topological polar surface area (TPSA) is 67.8 Å². The van der Waals surface area contributed by atoms with Crippen molar-refractivity contribution in [2.45, 2.75) is 45.1 Å².